The zero-order valence-corrected chi connectivity index (χ0v) is 15.8. The van der Waals surface area contributed by atoms with Crippen LogP contribution in [0.25, 0.3) is 22.6 Å². The molecule has 136 valence electrons. The maximum atomic E-state index is 12.7. The molecule has 0 atom stereocenters. The number of nitrogens with one attached hydrogen (secondary N) is 2. The summed E-state index contributed by atoms with van der Waals surface area (Å²) in [6.07, 6.45) is 0. The first-order valence-corrected chi connectivity index (χ1v) is 10.00. The number of para-hydroxylation sites is 1. The van der Waals surface area contributed by atoms with Crippen LogP contribution in [0.2, 0.25) is 5.02 Å². The van der Waals surface area contributed by atoms with Crippen molar-refractivity contribution in [2.45, 2.75) is 11.8 Å². The summed E-state index contributed by atoms with van der Waals surface area (Å²) in [5.41, 5.74) is 3.16. The monoisotopic (exact) mass is 398 g/mol. The van der Waals surface area contributed by atoms with Crippen LogP contribution >= 0.6 is 11.6 Å². The smallest absolute Gasteiger partial charge is 0.262 e. The van der Waals surface area contributed by atoms with Gasteiger partial charge >= 0.3 is 0 Å². The van der Waals surface area contributed by atoms with E-state index >= 15 is 0 Å². The van der Waals surface area contributed by atoms with Crippen LogP contribution in [-0.4, -0.2) is 23.4 Å². The Morgan fingerprint density at radius 1 is 1.00 bits per heavy atom. The highest BCUT2D eigenvalue weighted by atomic mass is 35.5. The van der Waals surface area contributed by atoms with Gasteiger partial charge in [0.15, 0.2) is 5.82 Å². The minimum Gasteiger partial charge on any atom is -0.337 e. The fraction of sp³-hybridized carbons (Fsp3) is 0.0526. The number of fused-ring (bicyclic) bond motifs is 1. The Bertz CT molecular complexity index is 1250. The number of aromatic amines is 1. The summed E-state index contributed by atoms with van der Waals surface area (Å²) < 4.78 is 27.9. The molecule has 4 aromatic rings. The van der Waals surface area contributed by atoms with Gasteiger partial charge in [-0.25, -0.2) is 18.4 Å². The molecule has 0 radical (unpaired) electrons. The summed E-state index contributed by atoms with van der Waals surface area (Å²) in [4.78, 5) is 12.2. The van der Waals surface area contributed by atoms with Crippen molar-refractivity contribution >= 4 is 38.3 Å². The summed E-state index contributed by atoms with van der Waals surface area (Å²) in [6.45, 7) is 1.90. The molecule has 2 aromatic carbocycles. The van der Waals surface area contributed by atoms with Crippen molar-refractivity contribution in [1.29, 1.82) is 0 Å². The van der Waals surface area contributed by atoms with Crippen LogP contribution in [0.15, 0.2) is 65.6 Å². The van der Waals surface area contributed by atoms with E-state index in [1.165, 1.54) is 12.1 Å². The predicted molar refractivity (Wildman–Crippen MR) is 106 cm³/mol. The third-order valence-corrected chi connectivity index (χ3v) is 5.71. The number of sulfonamides is 1. The number of aryl methyl sites for hydroxylation is 1. The summed E-state index contributed by atoms with van der Waals surface area (Å²) in [5, 5.41) is 0.328. The Balaban J connectivity index is 1.72. The van der Waals surface area contributed by atoms with E-state index in [0.29, 0.717) is 27.7 Å². The van der Waals surface area contributed by atoms with Gasteiger partial charge in [-0.15, -0.1) is 0 Å². The van der Waals surface area contributed by atoms with E-state index in [-0.39, 0.29) is 4.90 Å². The third kappa shape index (κ3) is 3.51. The molecule has 0 saturated carbocycles. The normalized spacial score (nSPS) is 11.6. The summed E-state index contributed by atoms with van der Waals surface area (Å²) in [7, 11) is -3.79. The zero-order chi connectivity index (χ0) is 19.0. The number of aromatic nitrogens is 3. The molecule has 27 heavy (non-hydrogen) atoms. The summed E-state index contributed by atoms with van der Waals surface area (Å²) >= 11 is 6.05. The molecule has 2 aromatic heterocycles. The van der Waals surface area contributed by atoms with Gasteiger partial charge in [0.25, 0.3) is 10.0 Å². The summed E-state index contributed by atoms with van der Waals surface area (Å²) in [5.74, 6) is 0.585. The molecule has 8 heteroatoms. The van der Waals surface area contributed by atoms with Crippen molar-refractivity contribution in [3.05, 3.63) is 71.4 Å². The van der Waals surface area contributed by atoms with Gasteiger partial charge < -0.3 is 4.98 Å². The van der Waals surface area contributed by atoms with Crippen molar-refractivity contribution in [2.75, 3.05) is 4.72 Å². The number of H-pyrrole nitrogens is 1. The molecule has 0 aliphatic heterocycles. The van der Waals surface area contributed by atoms with Crippen molar-refractivity contribution in [1.82, 2.24) is 15.0 Å². The van der Waals surface area contributed by atoms with Crippen LogP contribution in [0.5, 0.6) is 0 Å². The molecular weight excluding hydrogens is 384 g/mol. The molecule has 4 rings (SSSR count). The quantitative estimate of drug-likeness (QED) is 0.533. The van der Waals surface area contributed by atoms with Gasteiger partial charge in [-0.1, -0.05) is 29.8 Å². The standard InChI is InChI=1S/C19H15ClN4O2S/c1-12-5-4-8-17(21-12)19-22-16-10-9-13(11-18(16)23-19)27(25,26)24-15-7-3-2-6-14(15)20/h2-11,24H,1H3,(H,22,23). The van der Waals surface area contributed by atoms with Crippen LogP contribution in [-0.2, 0) is 10.0 Å². The SMILES string of the molecule is Cc1cccc(-c2nc3cc(S(=O)(=O)Nc4ccccc4Cl)ccc3[nH]2)n1. The number of halogens is 1. The molecule has 0 bridgehead atoms. The van der Waals surface area contributed by atoms with E-state index < -0.39 is 10.0 Å². The largest absolute Gasteiger partial charge is 0.337 e. The number of benzene rings is 2. The highest BCUT2D eigenvalue weighted by Crippen LogP contribution is 2.26. The average molecular weight is 399 g/mol. The lowest BCUT2D eigenvalue weighted by molar-refractivity contribution is 0.601. The first kappa shape index (κ1) is 17.5. The second kappa shape index (κ2) is 6.68. The Kier molecular flexibility index (Phi) is 4.33. The molecule has 0 aliphatic carbocycles. The fourth-order valence-electron chi connectivity index (χ4n) is 2.70. The third-order valence-electron chi connectivity index (χ3n) is 4.01. The van der Waals surface area contributed by atoms with Crippen LogP contribution in [0, 0.1) is 6.92 Å². The second-order valence-corrected chi connectivity index (χ2v) is 8.10. The molecule has 0 amide bonds. The maximum absolute atomic E-state index is 12.7. The number of hydrogen-bond donors (Lipinski definition) is 2. The molecule has 6 nitrogen and oxygen atoms in total. The van der Waals surface area contributed by atoms with Crippen LogP contribution in [0.1, 0.15) is 5.69 Å². The predicted octanol–water partition coefficient (Wildman–Crippen LogP) is 4.39. The molecule has 2 N–H and O–H groups in total. The molecule has 0 fully saturated rings. The van der Waals surface area contributed by atoms with Crippen molar-refractivity contribution in [3.8, 4) is 11.5 Å². The van der Waals surface area contributed by atoms with Gasteiger partial charge in [0.1, 0.15) is 5.69 Å². The van der Waals surface area contributed by atoms with E-state index in [0.717, 1.165) is 11.2 Å². The van der Waals surface area contributed by atoms with Crippen LogP contribution in [0.4, 0.5) is 5.69 Å². The Morgan fingerprint density at radius 2 is 1.81 bits per heavy atom. The average Bonchev–Trinajstić information content (AvgIpc) is 3.07. The first-order valence-electron chi connectivity index (χ1n) is 8.13. The number of pyridine rings is 1. The minimum atomic E-state index is -3.79. The molecule has 0 saturated heterocycles. The van der Waals surface area contributed by atoms with Gasteiger partial charge in [-0.3, -0.25) is 4.72 Å². The topological polar surface area (TPSA) is 87.7 Å². The van der Waals surface area contributed by atoms with E-state index in [1.54, 1.807) is 30.3 Å². The Morgan fingerprint density at radius 3 is 2.59 bits per heavy atom. The van der Waals surface area contributed by atoms with Crippen LogP contribution < -0.4 is 4.72 Å². The lowest BCUT2D eigenvalue weighted by Crippen LogP contribution is -2.13. The lowest BCUT2D eigenvalue weighted by Gasteiger charge is -2.09. The molecule has 0 spiro atoms. The minimum absolute atomic E-state index is 0.102. The Hall–Kier alpha value is -2.90. The number of imidazole rings is 1. The van der Waals surface area contributed by atoms with Crippen LogP contribution in [0.3, 0.4) is 0 Å². The number of hydrogen-bond acceptors (Lipinski definition) is 4. The van der Waals surface area contributed by atoms with E-state index in [9.17, 15) is 8.42 Å². The molecule has 0 aliphatic rings. The number of rotatable bonds is 4. The number of anilines is 1. The second-order valence-electron chi connectivity index (χ2n) is 6.01. The molecule has 0 unspecified atom stereocenters. The van der Waals surface area contributed by atoms with Gasteiger partial charge in [0, 0.05) is 5.69 Å². The van der Waals surface area contributed by atoms with E-state index in [1.807, 2.05) is 25.1 Å². The zero-order valence-electron chi connectivity index (χ0n) is 14.3. The highest BCUT2D eigenvalue weighted by molar-refractivity contribution is 7.92. The highest BCUT2D eigenvalue weighted by Gasteiger charge is 2.17. The van der Waals surface area contributed by atoms with Gasteiger partial charge in [0.05, 0.1) is 26.6 Å². The van der Waals surface area contributed by atoms with Crippen molar-refractivity contribution in [2.24, 2.45) is 0 Å². The van der Waals surface area contributed by atoms with Crippen molar-refractivity contribution < 1.29 is 8.42 Å². The number of nitrogens with zero attached hydrogens (tertiary/aromatic N) is 2. The van der Waals surface area contributed by atoms with E-state index in [4.69, 9.17) is 11.6 Å². The molecule has 2 heterocycles. The van der Waals surface area contributed by atoms with Gasteiger partial charge in [-0.2, -0.15) is 0 Å². The fourth-order valence-corrected chi connectivity index (χ4v) is 4.04. The van der Waals surface area contributed by atoms with Gasteiger partial charge in [-0.05, 0) is 49.4 Å². The first-order chi connectivity index (χ1) is 12.9. The van der Waals surface area contributed by atoms with Crippen molar-refractivity contribution in [3.63, 3.8) is 0 Å². The van der Waals surface area contributed by atoms with Gasteiger partial charge in [0.2, 0.25) is 0 Å². The lowest BCUT2D eigenvalue weighted by atomic mass is 10.3. The van der Waals surface area contributed by atoms with E-state index in [2.05, 4.69) is 19.7 Å². The molecular formula is C19H15ClN4O2S. The maximum Gasteiger partial charge on any atom is 0.262 e. The summed E-state index contributed by atoms with van der Waals surface area (Å²) in [6, 6.07) is 17.0. The Labute approximate surface area is 161 Å².